The van der Waals surface area contributed by atoms with Gasteiger partial charge in [-0.3, -0.25) is 0 Å². The number of halogens is 1. The van der Waals surface area contributed by atoms with Crippen LogP contribution in [0, 0.1) is 0 Å². The van der Waals surface area contributed by atoms with E-state index in [1.165, 1.54) is 0 Å². The minimum Gasteiger partial charge on any atom is -0.413 e. The molecule has 0 unspecified atom stereocenters. The Bertz CT molecular complexity index is 1330. The summed E-state index contributed by atoms with van der Waals surface area (Å²) in [6, 6.07) is 28.6. The standard InChI is InChI=1S/C41H57BrO6Si/c1-8-9-16-25-43-41-40(46-27-34-19-14-11-15-20-34)39(45-28-35-21-23-36(42)24-22-35)38(44-26-33-17-12-10-13-18-33)37(48-41)29-47-49(30(2)3,31(4)5)32(6)7/h8,10-15,17-24,30-32,37-41H,1,9,16,25-29H2,2-7H3/t37-,38-,39+,40+,41-/m1/s1. The van der Waals surface area contributed by atoms with Crippen LogP contribution in [0.5, 0.6) is 0 Å². The van der Waals surface area contributed by atoms with E-state index in [2.05, 4.69) is 100 Å². The van der Waals surface area contributed by atoms with E-state index < -0.39 is 39.0 Å². The fourth-order valence-electron chi connectivity index (χ4n) is 7.17. The van der Waals surface area contributed by atoms with Crippen molar-refractivity contribution in [3.63, 3.8) is 0 Å². The molecule has 3 aromatic carbocycles. The summed E-state index contributed by atoms with van der Waals surface area (Å²) in [5, 5.41) is 0. The molecule has 0 aliphatic carbocycles. The molecule has 0 amide bonds. The SMILES string of the molecule is C=CCCCO[C@@H]1O[C@H](CO[Si](C(C)C)(C(C)C)C(C)C)[C@@H](OCc2ccccc2)[C@H](OCc2ccc(Br)cc2)[C@@H]1OCc1ccccc1. The summed E-state index contributed by atoms with van der Waals surface area (Å²) in [4.78, 5) is 0. The molecule has 0 N–H and O–H groups in total. The summed E-state index contributed by atoms with van der Waals surface area (Å²) in [7, 11) is -2.22. The molecule has 6 nitrogen and oxygen atoms in total. The molecular formula is C41H57BrO6Si. The van der Waals surface area contributed by atoms with Crippen LogP contribution in [0.25, 0.3) is 0 Å². The van der Waals surface area contributed by atoms with Crippen molar-refractivity contribution in [2.45, 2.75) is 122 Å². The smallest absolute Gasteiger partial charge is 0.200 e. The largest absolute Gasteiger partial charge is 0.413 e. The van der Waals surface area contributed by atoms with E-state index in [1.54, 1.807) is 0 Å². The van der Waals surface area contributed by atoms with Crippen LogP contribution in [-0.2, 0) is 47.9 Å². The number of hydrogen-bond acceptors (Lipinski definition) is 6. The molecule has 49 heavy (non-hydrogen) atoms. The highest BCUT2D eigenvalue weighted by atomic mass is 79.9. The fraction of sp³-hybridized carbons (Fsp3) is 0.512. The Morgan fingerprint density at radius 1 is 0.673 bits per heavy atom. The summed E-state index contributed by atoms with van der Waals surface area (Å²) in [5.41, 5.74) is 4.48. The zero-order valence-corrected chi connectivity index (χ0v) is 32.8. The molecule has 1 aliphatic heterocycles. The molecule has 1 fully saturated rings. The van der Waals surface area contributed by atoms with Gasteiger partial charge in [-0.1, -0.05) is 136 Å². The van der Waals surface area contributed by atoms with Crippen molar-refractivity contribution in [1.29, 1.82) is 0 Å². The number of hydrogen-bond donors (Lipinski definition) is 0. The third kappa shape index (κ3) is 11.2. The first-order valence-corrected chi connectivity index (χ1v) is 20.8. The lowest BCUT2D eigenvalue weighted by molar-refractivity contribution is -0.326. The Kier molecular flexibility index (Phi) is 16.2. The van der Waals surface area contributed by atoms with E-state index in [-0.39, 0.29) is 0 Å². The maximum Gasteiger partial charge on any atom is 0.200 e. The lowest BCUT2D eigenvalue weighted by Gasteiger charge is -2.48. The van der Waals surface area contributed by atoms with Crippen LogP contribution < -0.4 is 0 Å². The number of rotatable bonds is 20. The molecule has 0 radical (unpaired) electrons. The van der Waals surface area contributed by atoms with Gasteiger partial charge in [-0.05, 0) is 58.3 Å². The van der Waals surface area contributed by atoms with Crippen molar-refractivity contribution < 1.29 is 28.1 Å². The van der Waals surface area contributed by atoms with Gasteiger partial charge in [0.15, 0.2) is 14.6 Å². The van der Waals surface area contributed by atoms with Gasteiger partial charge in [-0.2, -0.15) is 0 Å². The maximum atomic E-state index is 7.18. The molecule has 0 bridgehead atoms. The van der Waals surface area contributed by atoms with Gasteiger partial charge in [0.25, 0.3) is 0 Å². The fourth-order valence-corrected chi connectivity index (χ4v) is 12.9. The van der Waals surface area contributed by atoms with Crippen molar-refractivity contribution in [1.82, 2.24) is 0 Å². The van der Waals surface area contributed by atoms with Crippen LogP contribution in [0.4, 0.5) is 0 Å². The summed E-state index contributed by atoms with van der Waals surface area (Å²) in [5.74, 6) is 0. The molecule has 0 spiro atoms. The van der Waals surface area contributed by atoms with Crippen LogP contribution in [0.1, 0.15) is 71.1 Å². The molecule has 3 aromatic rings. The second-order valence-electron chi connectivity index (χ2n) is 13.9. The van der Waals surface area contributed by atoms with Gasteiger partial charge in [-0.15, -0.1) is 6.58 Å². The highest BCUT2D eigenvalue weighted by Crippen LogP contribution is 2.43. The molecule has 4 rings (SSSR count). The van der Waals surface area contributed by atoms with Crippen LogP contribution >= 0.6 is 15.9 Å². The second-order valence-corrected chi connectivity index (χ2v) is 20.3. The predicted octanol–water partition coefficient (Wildman–Crippen LogP) is 10.4. The number of unbranched alkanes of at least 4 members (excludes halogenated alkanes) is 1. The summed E-state index contributed by atoms with van der Waals surface area (Å²) >= 11 is 3.56. The predicted molar refractivity (Wildman–Crippen MR) is 204 cm³/mol. The van der Waals surface area contributed by atoms with Crippen molar-refractivity contribution in [3.05, 3.63) is 119 Å². The van der Waals surface area contributed by atoms with E-state index in [1.807, 2.05) is 54.6 Å². The van der Waals surface area contributed by atoms with Crippen LogP contribution in [0.2, 0.25) is 16.6 Å². The Balaban J connectivity index is 1.72. The van der Waals surface area contributed by atoms with Gasteiger partial charge in [0.1, 0.15) is 24.4 Å². The molecular weight excluding hydrogens is 696 g/mol. The Hall–Kier alpha value is -2.14. The molecule has 0 aromatic heterocycles. The van der Waals surface area contributed by atoms with Crippen molar-refractivity contribution in [2.75, 3.05) is 13.2 Å². The van der Waals surface area contributed by atoms with Gasteiger partial charge in [0, 0.05) is 4.47 Å². The highest BCUT2D eigenvalue weighted by molar-refractivity contribution is 9.10. The lowest BCUT2D eigenvalue weighted by Crippen LogP contribution is -2.62. The van der Waals surface area contributed by atoms with Crippen molar-refractivity contribution in [3.8, 4) is 0 Å². The Morgan fingerprint density at radius 3 is 1.67 bits per heavy atom. The lowest BCUT2D eigenvalue weighted by atomic mass is 9.98. The van der Waals surface area contributed by atoms with E-state index in [0.29, 0.717) is 49.7 Å². The average molecular weight is 754 g/mol. The minimum atomic E-state index is -2.22. The normalized spacial score (nSPS) is 21.5. The average Bonchev–Trinajstić information content (AvgIpc) is 3.09. The van der Waals surface area contributed by atoms with Gasteiger partial charge < -0.3 is 28.1 Å². The third-order valence-corrected chi connectivity index (χ3v) is 16.2. The van der Waals surface area contributed by atoms with E-state index in [9.17, 15) is 0 Å². The number of ether oxygens (including phenoxy) is 5. The third-order valence-electron chi connectivity index (χ3n) is 9.56. The Morgan fingerprint density at radius 2 is 1.16 bits per heavy atom. The van der Waals surface area contributed by atoms with Crippen LogP contribution in [-0.4, -0.2) is 52.2 Å². The van der Waals surface area contributed by atoms with Gasteiger partial charge >= 0.3 is 0 Å². The number of allylic oxidation sites excluding steroid dienone is 1. The zero-order valence-electron chi connectivity index (χ0n) is 30.3. The second kappa shape index (κ2) is 20.0. The molecule has 1 heterocycles. The first-order valence-electron chi connectivity index (χ1n) is 17.8. The first-order chi connectivity index (χ1) is 23.6. The highest BCUT2D eigenvalue weighted by Gasteiger charge is 2.51. The van der Waals surface area contributed by atoms with Gasteiger partial charge in [0.2, 0.25) is 0 Å². The van der Waals surface area contributed by atoms with Crippen LogP contribution in [0.15, 0.2) is 102 Å². The van der Waals surface area contributed by atoms with Crippen molar-refractivity contribution >= 4 is 24.2 Å². The first kappa shape index (κ1) is 39.6. The molecule has 0 saturated carbocycles. The number of benzene rings is 3. The van der Waals surface area contributed by atoms with E-state index in [4.69, 9.17) is 28.1 Å². The molecule has 5 atom stereocenters. The van der Waals surface area contributed by atoms with Gasteiger partial charge in [0.05, 0.1) is 33.0 Å². The summed E-state index contributed by atoms with van der Waals surface area (Å²) < 4.78 is 42.1. The minimum absolute atomic E-state index is 0.383. The molecule has 8 heteroatoms. The topological polar surface area (TPSA) is 55.4 Å². The van der Waals surface area contributed by atoms with E-state index in [0.717, 1.165) is 34.0 Å². The van der Waals surface area contributed by atoms with E-state index >= 15 is 0 Å². The maximum absolute atomic E-state index is 7.18. The quantitative estimate of drug-likeness (QED) is 0.0651. The zero-order chi connectivity index (χ0) is 35.2. The van der Waals surface area contributed by atoms with Gasteiger partial charge in [-0.25, -0.2) is 0 Å². The Labute approximate surface area is 304 Å². The van der Waals surface area contributed by atoms with Crippen LogP contribution in [0.3, 0.4) is 0 Å². The molecule has 1 aliphatic rings. The van der Waals surface area contributed by atoms with Crippen molar-refractivity contribution in [2.24, 2.45) is 0 Å². The summed E-state index contributed by atoms with van der Waals surface area (Å²) in [6.07, 6.45) is 0.934. The molecule has 268 valence electrons. The molecule has 1 saturated heterocycles. The monoisotopic (exact) mass is 752 g/mol. The summed E-state index contributed by atoms with van der Waals surface area (Å²) in [6.45, 7) is 19.8.